The Morgan fingerprint density at radius 1 is 1.28 bits per heavy atom. The Bertz CT molecular complexity index is 958. The standard InChI is InChI=1S/C15H10BrN3O5S/c1-23-15(20)18-14-17-13-11(16)6-10(7-12(13)25-14)24-9-4-2-8(3-5-9)19(21)22/h2-7H,1H3,(H,17,18,20). The molecular weight excluding hydrogens is 414 g/mol. The molecule has 10 heteroatoms. The molecule has 128 valence electrons. The van der Waals surface area contributed by atoms with E-state index in [-0.39, 0.29) is 5.69 Å². The summed E-state index contributed by atoms with van der Waals surface area (Å²) < 4.78 is 11.7. The van der Waals surface area contributed by atoms with Crippen LogP contribution in [0.3, 0.4) is 0 Å². The predicted molar refractivity (Wildman–Crippen MR) is 96.5 cm³/mol. The van der Waals surface area contributed by atoms with Crippen LogP contribution in [0.5, 0.6) is 11.5 Å². The zero-order valence-corrected chi connectivity index (χ0v) is 15.1. The molecule has 8 nitrogen and oxygen atoms in total. The van der Waals surface area contributed by atoms with Crippen LogP contribution < -0.4 is 10.1 Å². The maximum absolute atomic E-state index is 11.3. The van der Waals surface area contributed by atoms with Crippen molar-refractivity contribution in [2.45, 2.75) is 0 Å². The van der Waals surface area contributed by atoms with E-state index < -0.39 is 11.0 Å². The number of ether oxygens (including phenoxy) is 2. The number of rotatable bonds is 4. The molecule has 1 N–H and O–H groups in total. The molecule has 2 aromatic carbocycles. The number of hydrogen-bond donors (Lipinski definition) is 1. The number of non-ortho nitro benzene ring substituents is 1. The molecule has 0 aliphatic carbocycles. The van der Waals surface area contributed by atoms with Gasteiger partial charge < -0.3 is 9.47 Å². The fourth-order valence-electron chi connectivity index (χ4n) is 1.99. The van der Waals surface area contributed by atoms with E-state index in [2.05, 4.69) is 31.0 Å². The summed E-state index contributed by atoms with van der Waals surface area (Å²) in [5.74, 6) is 0.996. The number of nitro benzene ring substituents is 1. The number of anilines is 1. The molecule has 25 heavy (non-hydrogen) atoms. The van der Waals surface area contributed by atoms with E-state index in [0.29, 0.717) is 26.6 Å². The Balaban J connectivity index is 1.86. The molecule has 0 aliphatic heterocycles. The number of benzene rings is 2. The van der Waals surface area contributed by atoms with Crippen molar-refractivity contribution >= 4 is 54.4 Å². The molecule has 0 unspecified atom stereocenters. The van der Waals surface area contributed by atoms with Gasteiger partial charge >= 0.3 is 6.09 Å². The van der Waals surface area contributed by atoms with Crippen molar-refractivity contribution < 1.29 is 19.2 Å². The van der Waals surface area contributed by atoms with Crippen LogP contribution >= 0.6 is 27.3 Å². The zero-order chi connectivity index (χ0) is 18.0. The third-order valence-corrected chi connectivity index (χ3v) is 4.62. The third-order valence-electron chi connectivity index (χ3n) is 3.10. The number of methoxy groups -OCH3 is 1. The van der Waals surface area contributed by atoms with Gasteiger partial charge in [-0.2, -0.15) is 0 Å². The average molecular weight is 424 g/mol. The number of nitro groups is 1. The maximum atomic E-state index is 11.3. The highest BCUT2D eigenvalue weighted by Gasteiger charge is 2.13. The van der Waals surface area contributed by atoms with Crippen LogP contribution in [-0.4, -0.2) is 23.1 Å². The van der Waals surface area contributed by atoms with Crippen LogP contribution in [0, 0.1) is 10.1 Å². The van der Waals surface area contributed by atoms with Crippen LogP contribution in [0.15, 0.2) is 40.9 Å². The van der Waals surface area contributed by atoms with Gasteiger partial charge in [-0.15, -0.1) is 0 Å². The van der Waals surface area contributed by atoms with Crippen molar-refractivity contribution in [2.24, 2.45) is 0 Å². The highest BCUT2D eigenvalue weighted by atomic mass is 79.9. The minimum atomic E-state index is -0.600. The number of hydrogen-bond acceptors (Lipinski definition) is 7. The summed E-state index contributed by atoms with van der Waals surface area (Å²) in [6, 6.07) is 9.27. The SMILES string of the molecule is COC(=O)Nc1nc2c(Br)cc(Oc3ccc([N+](=O)[O-])cc3)cc2s1. The lowest BCUT2D eigenvalue weighted by Crippen LogP contribution is -2.10. The van der Waals surface area contributed by atoms with Crippen molar-refractivity contribution in [1.29, 1.82) is 0 Å². The monoisotopic (exact) mass is 423 g/mol. The van der Waals surface area contributed by atoms with Crippen molar-refractivity contribution in [3.63, 3.8) is 0 Å². The van der Waals surface area contributed by atoms with E-state index in [9.17, 15) is 14.9 Å². The number of nitrogens with zero attached hydrogens (tertiary/aromatic N) is 2. The van der Waals surface area contributed by atoms with Crippen molar-refractivity contribution in [3.8, 4) is 11.5 Å². The lowest BCUT2D eigenvalue weighted by atomic mass is 10.3. The van der Waals surface area contributed by atoms with Gasteiger partial charge in [0.05, 0.1) is 22.2 Å². The molecule has 0 fully saturated rings. The molecular formula is C15H10BrN3O5S. The van der Waals surface area contributed by atoms with E-state index in [0.717, 1.165) is 4.70 Å². The number of fused-ring (bicyclic) bond motifs is 1. The number of carbonyl (C=O) groups excluding carboxylic acids is 1. The second-order valence-electron chi connectivity index (χ2n) is 4.74. The second kappa shape index (κ2) is 7.03. The molecule has 0 bridgehead atoms. The van der Waals surface area contributed by atoms with Gasteiger partial charge in [0.1, 0.15) is 11.5 Å². The van der Waals surface area contributed by atoms with E-state index in [1.54, 1.807) is 12.1 Å². The summed E-state index contributed by atoms with van der Waals surface area (Å²) in [4.78, 5) is 25.8. The first-order valence-corrected chi connectivity index (χ1v) is 8.44. The van der Waals surface area contributed by atoms with Crippen LogP contribution in [0.4, 0.5) is 15.6 Å². The number of carbonyl (C=O) groups is 1. The van der Waals surface area contributed by atoms with Gasteiger partial charge in [-0.3, -0.25) is 15.4 Å². The molecule has 3 rings (SSSR count). The summed E-state index contributed by atoms with van der Waals surface area (Å²) in [5, 5.41) is 13.6. The van der Waals surface area contributed by atoms with E-state index in [1.807, 2.05) is 0 Å². The van der Waals surface area contributed by atoms with Gasteiger partial charge in [0.2, 0.25) is 0 Å². The highest BCUT2D eigenvalue weighted by Crippen LogP contribution is 2.36. The molecule has 0 radical (unpaired) electrons. The van der Waals surface area contributed by atoms with Crippen LogP contribution in [-0.2, 0) is 4.74 Å². The molecule has 1 amide bonds. The first-order chi connectivity index (χ1) is 12.0. The first kappa shape index (κ1) is 17.1. The quantitative estimate of drug-likeness (QED) is 0.470. The number of halogens is 1. The first-order valence-electron chi connectivity index (χ1n) is 6.83. The number of aromatic nitrogens is 1. The highest BCUT2D eigenvalue weighted by molar-refractivity contribution is 9.10. The van der Waals surface area contributed by atoms with E-state index >= 15 is 0 Å². The summed E-state index contributed by atoms with van der Waals surface area (Å²) in [5.41, 5.74) is 0.664. The Morgan fingerprint density at radius 3 is 2.64 bits per heavy atom. The number of thiazole rings is 1. The van der Waals surface area contributed by atoms with Crippen molar-refractivity contribution in [2.75, 3.05) is 12.4 Å². The largest absolute Gasteiger partial charge is 0.457 e. The van der Waals surface area contributed by atoms with Crippen molar-refractivity contribution in [3.05, 3.63) is 51.0 Å². The summed E-state index contributed by atoms with van der Waals surface area (Å²) in [7, 11) is 1.27. The molecule has 0 spiro atoms. The minimum absolute atomic E-state index is 0.00929. The van der Waals surface area contributed by atoms with Gasteiger partial charge in [0.25, 0.3) is 5.69 Å². The van der Waals surface area contributed by atoms with Crippen LogP contribution in [0.1, 0.15) is 0 Å². The topological polar surface area (TPSA) is 104 Å². The smallest absolute Gasteiger partial charge is 0.413 e. The Kier molecular flexibility index (Phi) is 4.81. The zero-order valence-electron chi connectivity index (χ0n) is 12.7. The second-order valence-corrected chi connectivity index (χ2v) is 6.63. The molecule has 1 heterocycles. The van der Waals surface area contributed by atoms with Gasteiger partial charge in [0, 0.05) is 22.7 Å². The molecule has 0 atom stereocenters. The maximum Gasteiger partial charge on any atom is 0.413 e. The van der Waals surface area contributed by atoms with Crippen molar-refractivity contribution in [1.82, 2.24) is 4.98 Å². The number of amides is 1. The molecule has 0 aliphatic rings. The average Bonchev–Trinajstić information content (AvgIpc) is 2.98. The predicted octanol–water partition coefficient (Wildman–Crippen LogP) is 4.94. The number of nitrogens with one attached hydrogen (secondary N) is 1. The lowest BCUT2D eigenvalue weighted by molar-refractivity contribution is -0.384. The molecule has 0 saturated carbocycles. The Hall–Kier alpha value is -2.72. The summed E-state index contributed by atoms with van der Waals surface area (Å²) in [6.07, 6.45) is -0.600. The normalized spacial score (nSPS) is 10.5. The fraction of sp³-hybridized carbons (Fsp3) is 0.0667. The Labute approximate surface area is 153 Å². The minimum Gasteiger partial charge on any atom is -0.457 e. The summed E-state index contributed by atoms with van der Waals surface area (Å²) in [6.45, 7) is 0. The molecule has 1 aromatic heterocycles. The lowest BCUT2D eigenvalue weighted by Gasteiger charge is -2.06. The molecule has 0 saturated heterocycles. The van der Waals surface area contributed by atoms with Gasteiger partial charge in [0.15, 0.2) is 5.13 Å². The van der Waals surface area contributed by atoms with Gasteiger partial charge in [-0.1, -0.05) is 11.3 Å². The Morgan fingerprint density at radius 2 is 2.00 bits per heavy atom. The molecule has 3 aromatic rings. The third kappa shape index (κ3) is 3.86. The van der Waals surface area contributed by atoms with Crippen LogP contribution in [0.25, 0.3) is 10.2 Å². The van der Waals surface area contributed by atoms with Crippen LogP contribution in [0.2, 0.25) is 0 Å². The van der Waals surface area contributed by atoms with E-state index in [1.165, 1.54) is 42.7 Å². The van der Waals surface area contributed by atoms with Gasteiger partial charge in [-0.05, 0) is 34.1 Å². The summed E-state index contributed by atoms with van der Waals surface area (Å²) >= 11 is 4.68. The van der Waals surface area contributed by atoms with E-state index in [4.69, 9.17) is 4.74 Å². The fourth-order valence-corrected chi connectivity index (χ4v) is 3.55. The van der Waals surface area contributed by atoms with Gasteiger partial charge in [-0.25, -0.2) is 9.78 Å².